The molecule has 0 aliphatic carbocycles. The van der Waals surface area contributed by atoms with E-state index in [9.17, 15) is 4.79 Å². The van der Waals surface area contributed by atoms with Crippen LogP contribution in [0.25, 0.3) is 0 Å². The fourth-order valence-corrected chi connectivity index (χ4v) is 2.23. The van der Waals surface area contributed by atoms with Crippen LogP contribution < -0.4 is 10.7 Å². The van der Waals surface area contributed by atoms with Crippen LogP contribution in [0.1, 0.15) is 19.3 Å². The molecule has 0 bridgehead atoms. The Labute approximate surface area is 97.1 Å². The number of amides is 1. The van der Waals surface area contributed by atoms with Crippen LogP contribution in [0.2, 0.25) is 0 Å². The summed E-state index contributed by atoms with van der Waals surface area (Å²) in [4.78, 5) is 14.2. The number of rotatable bonds is 2. The van der Waals surface area contributed by atoms with Gasteiger partial charge < -0.3 is 10.2 Å². The van der Waals surface area contributed by atoms with Crippen molar-refractivity contribution in [3.63, 3.8) is 0 Å². The minimum absolute atomic E-state index is 0.0217. The zero-order chi connectivity index (χ0) is 11.4. The third-order valence-electron chi connectivity index (χ3n) is 3.40. The van der Waals surface area contributed by atoms with Gasteiger partial charge in [0.1, 0.15) is 0 Å². The van der Waals surface area contributed by atoms with Crippen LogP contribution >= 0.6 is 0 Å². The zero-order valence-electron chi connectivity index (χ0n) is 10.0. The maximum absolute atomic E-state index is 11.9. The lowest BCUT2D eigenvalue weighted by Gasteiger charge is -2.34. The number of carbonyl (C=O) groups excluding carboxylic acids is 1. The molecule has 2 rings (SSSR count). The topological polar surface area (TPSA) is 47.6 Å². The molecule has 1 atom stereocenters. The normalized spacial score (nSPS) is 28.9. The smallest absolute Gasteiger partial charge is 0.251 e. The molecule has 2 aliphatic heterocycles. The molecule has 0 aromatic rings. The molecule has 0 unspecified atom stereocenters. The van der Waals surface area contributed by atoms with E-state index in [1.807, 2.05) is 5.01 Å². The summed E-state index contributed by atoms with van der Waals surface area (Å²) in [7, 11) is 2.11. The van der Waals surface area contributed by atoms with Crippen LogP contribution in [0.3, 0.4) is 0 Å². The van der Waals surface area contributed by atoms with Gasteiger partial charge in [-0.25, -0.2) is 5.01 Å². The van der Waals surface area contributed by atoms with E-state index in [1.165, 1.54) is 6.42 Å². The molecule has 2 saturated heterocycles. The first kappa shape index (κ1) is 11.8. The summed E-state index contributed by atoms with van der Waals surface area (Å²) in [6, 6.07) is 0.0217. The number of hydrazine groups is 1. The van der Waals surface area contributed by atoms with E-state index in [1.54, 1.807) is 0 Å². The minimum Gasteiger partial charge on any atom is -0.306 e. The van der Waals surface area contributed by atoms with Crippen LogP contribution in [0, 0.1) is 0 Å². The molecule has 5 heteroatoms. The molecule has 2 N–H and O–H groups in total. The van der Waals surface area contributed by atoms with Crippen molar-refractivity contribution < 1.29 is 4.79 Å². The van der Waals surface area contributed by atoms with Gasteiger partial charge in [-0.05, 0) is 26.4 Å². The Bertz CT molecular complexity index is 232. The predicted molar refractivity (Wildman–Crippen MR) is 62.9 cm³/mol. The maximum atomic E-state index is 11.9. The fourth-order valence-electron chi connectivity index (χ4n) is 2.23. The minimum atomic E-state index is 0.0217. The van der Waals surface area contributed by atoms with Gasteiger partial charge in [0.25, 0.3) is 5.91 Å². The summed E-state index contributed by atoms with van der Waals surface area (Å²) in [6.07, 6.45) is 3.33. The number of piperidine rings is 1. The van der Waals surface area contributed by atoms with Crippen LogP contribution in [0.15, 0.2) is 0 Å². The zero-order valence-corrected chi connectivity index (χ0v) is 10.0. The molecule has 0 aromatic heterocycles. The molecular weight excluding hydrogens is 204 g/mol. The molecule has 0 saturated carbocycles. The molecule has 0 radical (unpaired) electrons. The van der Waals surface area contributed by atoms with E-state index < -0.39 is 0 Å². The van der Waals surface area contributed by atoms with Crippen molar-refractivity contribution >= 4 is 5.91 Å². The Morgan fingerprint density at radius 2 is 2.00 bits per heavy atom. The average molecular weight is 226 g/mol. The first-order valence-corrected chi connectivity index (χ1v) is 6.23. The molecule has 2 fully saturated rings. The van der Waals surface area contributed by atoms with Gasteiger partial charge in [-0.1, -0.05) is 6.42 Å². The number of nitrogens with one attached hydrogen (secondary N) is 2. The molecule has 0 spiro atoms. The first-order chi connectivity index (χ1) is 7.75. The number of likely N-dealkylation sites (N-methyl/N-ethyl adjacent to an activating group) is 1. The predicted octanol–water partition coefficient (Wildman–Crippen LogP) is -0.593. The second kappa shape index (κ2) is 5.61. The first-order valence-electron chi connectivity index (χ1n) is 6.23. The van der Waals surface area contributed by atoms with Crippen LogP contribution in [0.5, 0.6) is 0 Å². The third kappa shape index (κ3) is 3.17. The van der Waals surface area contributed by atoms with Crippen LogP contribution in [0.4, 0.5) is 0 Å². The number of hydrogen-bond donors (Lipinski definition) is 2. The largest absolute Gasteiger partial charge is 0.306 e. The summed E-state index contributed by atoms with van der Waals surface area (Å²) in [5.41, 5.74) is 3.01. The van der Waals surface area contributed by atoms with Crippen molar-refractivity contribution in [1.82, 2.24) is 20.7 Å². The van der Waals surface area contributed by atoms with Gasteiger partial charge >= 0.3 is 0 Å². The van der Waals surface area contributed by atoms with E-state index in [4.69, 9.17) is 0 Å². The second-order valence-corrected chi connectivity index (χ2v) is 4.77. The highest BCUT2D eigenvalue weighted by molar-refractivity contribution is 5.81. The Hall–Kier alpha value is -0.650. The molecule has 16 heavy (non-hydrogen) atoms. The summed E-state index contributed by atoms with van der Waals surface area (Å²) >= 11 is 0. The lowest BCUT2D eigenvalue weighted by Crippen LogP contribution is -2.57. The van der Waals surface area contributed by atoms with Crippen molar-refractivity contribution in [2.24, 2.45) is 0 Å². The van der Waals surface area contributed by atoms with Crippen molar-refractivity contribution in [2.45, 2.75) is 25.3 Å². The number of carbonyl (C=O) groups is 1. The summed E-state index contributed by atoms with van der Waals surface area (Å²) in [6.45, 7) is 4.88. The highest BCUT2D eigenvalue weighted by Gasteiger charge is 2.23. The van der Waals surface area contributed by atoms with Gasteiger partial charge in [0.15, 0.2) is 0 Å². The van der Waals surface area contributed by atoms with Gasteiger partial charge in [0.05, 0.1) is 6.04 Å². The second-order valence-electron chi connectivity index (χ2n) is 4.77. The highest BCUT2D eigenvalue weighted by atomic mass is 16.2. The van der Waals surface area contributed by atoms with Crippen molar-refractivity contribution in [2.75, 3.05) is 39.8 Å². The third-order valence-corrected chi connectivity index (χ3v) is 3.40. The molecule has 0 aromatic carbocycles. The Kier molecular flexibility index (Phi) is 4.15. The highest BCUT2D eigenvalue weighted by Crippen LogP contribution is 2.07. The van der Waals surface area contributed by atoms with Gasteiger partial charge in [0, 0.05) is 26.2 Å². The monoisotopic (exact) mass is 226 g/mol. The molecule has 2 heterocycles. The summed E-state index contributed by atoms with van der Waals surface area (Å²) in [5.74, 6) is 0.143. The number of hydrogen-bond acceptors (Lipinski definition) is 4. The van der Waals surface area contributed by atoms with E-state index >= 15 is 0 Å². The van der Waals surface area contributed by atoms with Gasteiger partial charge in [-0.15, -0.1) is 0 Å². The van der Waals surface area contributed by atoms with Crippen molar-refractivity contribution in [3.05, 3.63) is 0 Å². The number of nitrogens with zero attached hydrogens (tertiary/aromatic N) is 2. The average Bonchev–Trinajstić information content (AvgIpc) is 2.33. The van der Waals surface area contributed by atoms with E-state index in [0.717, 1.165) is 45.6 Å². The lowest BCUT2D eigenvalue weighted by atomic mass is 10.0. The van der Waals surface area contributed by atoms with Crippen molar-refractivity contribution in [3.8, 4) is 0 Å². The maximum Gasteiger partial charge on any atom is 0.251 e. The Balaban J connectivity index is 1.73. The summed E-state index contributed by atoms with van der Waals surface area (Å²) in [5, 5.41) is 5.31. The standard InChI is InChI=1S/C11H22N4O/c1-14-6-8-15(9-7-14)13-11(16)10-4-2-3-5-12-10/h10,12H,2-9H2,1H3,(H,13,16)/t10-/m0/s1. The Morgan fingerprint density at radius 3 is 2.62 bits per heavy atom. The van der Waals surface area contributed by atoms with E-state index in [-0.39, 0.29) is 11.9 Å². The van der Waals surface area contributed by atoms with Crippen LogP contribution in [-0.4, -0.2) is 61.6 Å². The van der Waals surface area contributed by atoms with E-state index in [0.29, 0.717) is 0 Å². The van der Waals surface area contributed by atoms with Crippen LogP contribution in [-0.2, 0) is 4.79 Å². The molecular formula is C11H22N4O. The lowest BCUT2D eigenvalue weighted by molar-refractivity contribution is -0.129. The van der Waals surface area contributed by atoms with Gasteiger partial charge in [-0.3, -0.25) is 10.2 Å². The summed E-state index contributed by atoms with van der Waals surface area (Å²) < 4.78 is 0. The molecule has 2 aliphatic rings. The van der Waals surface area contributed by atoms with Gasteiger partial charge in [0.2, 0.25) is 0 Å². The van der Waals surface area contributed by atoms with E-state index in [2.05, 4.69) is 22.7 Å². The SMILES string of the molecule is CN1CCN(NC(=O)[C@@H]2CCCCN2)CC1. The molecule has 92 valence electrons. The quantitative estimate of drug-likeness (QED) is 0.660. The van der Waals surface area contributed by atoms with Gasteiger partial charge in [-0.2, -0.15) is 0 Å². The number of piperazine rings is 1. The Morgan fingerprint density at radius 1 is 1.25 bits per heavy atom. The fraction of sp³-hybridized carbons (Fsp3) is 0.909. The molecule has 5 nitrogen and oxygen atoms in total. The molecule has 1 amide bonds. The van der Waals surface area contributed by atoms with Crippen molar-refractivity contribution in [1.29, 1.82) is 0 Å².